The fourth-order valence-electron chi connectivity index (χ4n) is 2.71. The summed E-state index contributed by atoms with van der Waals surface area (Å²) < 4.78 is 5.73. The lowest BCUT2D eigenvalue weighted by Crippen LogP contribution is -2.04. The van der Waals surface area contributed by atoms with Crippen molar-refractivity contribution in [3.8, 4) is 21.1 Å². The average molecular weight is 324 g/mol. The monoisotopic (exact) mass is 324 g/mol. The smallest absolute Gasteiger partial charge is 0.344 e. The van der Waals surface area contributed by atoms with Gasteiger partial charge in [-0.25, -0.2) is 4.79 Å². The van der Waals surface area contributed by atoms with Crippen LogP contribution in [-0.2, 0) is 0 Å². The van der Waals surface area contributed by atoms with E-state index in [9.17, 15) is 4.79 Å². The Kier molecular flexibility index (Phi) is 3.21. The Morgan fingerprint density at radius 1 is 0.909 bits per heavy atom. The molecule has 0 saturated heterocycles. The second-order valence-electron chi connectivity index (χ2n) is 5.05. The number of benzene rings is 1. The van der Waals surface area contributed by atoms with E-state index in [1.54, 1.807) is 22.7 Å². The van der Waals surface area contributed by atoms with Crippen LogP contribution in [0.15, 0.2) is 62.4 Å². The van der Waals surface area contributed by atoms with Crippen molar-refractivity contribution < 1.29 is 4.42 Å². The van der Waals surface area contributed by atoms with E-state index in [4.69, 9.17) is 4.42 Å². The summed E-state index contributed by atoms with van der Waals surface area (Å²) in [4.78, 5) is 14.6. The second kappa shape index (κ2) is 5.23. The van der Waals surface area contributed by atoms with E-state index in [1.165, 1.54) is 0 Å². The fraction of sp³-hybridized carbons (Fsp3) is 0.0556. The quantitative estimate of drug-likeness (QED) is 0.483. The van der Waals surface area contributed by atoms with Gasteiger partial charge < -0.3 is 4.42 Å². The third-order valence-electron chi connectivity index (χ3n) is 3.68. The van der Waals surface area contributed by atoms with Crippen molar-refractivity contribution in [2.45, 2.75) is 6.92 Å². The molecule has 0 saturated carbocycles. The first kappa shape index (κ1) is 13.5. The SMILES string of the molecule is Cc1cccc2c(-c3cccs3)c(-c3cccs3)oc(=O)c12. The summed E-state index contributed by atoms with van der Waals surface area (Å²) in [5.41, 5.74) is 1.69. The summed E-state index contributed by atoms with van der Waals surface area (Å²) >= 11 is 3.24. The van der Waals surface area contributed by atoms with Crippen LogP contribution in [0, 0.1) is 6.92 Å². The van der Waals surface area contributed by atoms with Gasteiger partial charge in [0.1, 0.15) is 0 Å². The molecule has 3 aromatic heterocycles. The molecule has 108 valence electrons. The van der Waals surface area contributed by atoms with Gasteiger partial charge in [0, 0.05) is 15.8 Å². The molecule has 0 radical (unpaired) electrons. The molecule has 4 rings (SSSR count). The van der Waals surface area contributed by atoms with E-state index in [-0.39, 0.29) is 5.63 Å². The van der Waals surface area contributed by atoms with Gasteiger partial charge in [0.25, 0.3) is 0 Å². The molecular weight excluding hydrogens is 312 g/mol. The number of thiophene rings is 2. The minimum absolute atomic E-state index is 0.267. The average Bonchev–Trinajstić information content (AvgIpc) is 3.20. The number of rotatable bonds is 2. The number of hydrogen-bond acceptors (Lipinski definition) is 4. The van der Waals surface area contributed by atoms with Gasteiger partial charge in [0.2, 0.25) is 0 Å². The molecule has 0 aliphatic carbocycles. The van der Waals surface area contributed by atoms with Gasteiger partial charge in [-0.3, -0.25) is 0 Å². The van der Waals surface area contributed by atoms with Crippen LogP contribution in [-0.4, -0.2) is 0 Å². The van der Waals surface area contributed by atoms with Gasteiger partial charge in [-0.1, -0.05) is 30.3 Å². The molecule has 0 amide bonds. The molecular formula is C18H12O2S2. The van der Waals surface area contributed by atoms with Crippen molar-refractivity contribution in [3.63, 3.8) is 0 Å². The van der Waals surface area contributed by atoms with E-state index in [1.807, 2.05) is 54.1 Å². The zero-order valence-electron chi connectivity index (χ0n) is 11.8. The van der Waals surface area contributed by atoms with Crippen LogP contribution in [0.1, 0.15) is 5.56 Å². The highest BCUT2D eigenvalue weighted by Gasteiger charge is 2.19. The number of fused-ring (bicyclic) bond motifs is 1. The molecule has 4 aromatic rings. The van der Waals surface area contributed by atoms with Gasteiger partial charge in [0.15, 0.2) is 5.76 Å². The summed E-state index contributed by atoms with van der Waals surface area (Å²) in [5.74, 6) is 0.667. The third kappa shape index (κ3) is 2.03. The van der Waals surface area contributed by atoms with Gasteiger partial charge in [-0.2, -0.15) is 0 Å². The fourth-order valence-corrected chi connectivity index (χ4v) is 4.20. The standard InChI is InChI=1S/C18H12O2S2/c1-11-5-2-6-12-15(11)18(19)20-17(14-8-4-10-22-14)16(12)13-7-3-9-21-13/h2-10H,1H3. The molecule has 0 spiro atoms. The van der Waals surface area contributed by atoms with Gasteiger partial charge >= 0.3 is 5.63 Å². The molecule has 22 heavy (non-hydrogen) atoms. The molecule has 0 fully saturated rings. The molecule has 0 aliphatic heterocycles. The van der Waals surface area contributed by atoms with Crippen molar-refractivity contribution in [2.75, 3.05) is 0 Å². The summed E-state index contributed by atoms with van der Waals surface area (Å²) in [6, 6.07) is 14.0. The van der Waals surface area contributed by atoms with Crippen LogP contribution in [0.2, 0.25) is 0 Å². The Hall–Kier alpha value is -2.17. The molecule has 0 atom stereocenters. The zero-order valence-corrected chi connectivity index (χ0v) is 13.5. The highest BCUT2D eigenvalue weighted by Crippen LogP contribution is 2.40. The Morgan fingerprint density at radius 3 is 2.32 bits per heavy atom. The summed E-state index contributed by atoms with van der Waals surface area (Å²) in [6.07, 6.45) is 0. The topological polar surface area (TPSA) is 30.2 Å². The molecule has 0 unspecified atom stereocenters. The molecule has 1 aromatic carbocycles. The Balaban J connectivity index is 2.21. The van der Waals surface area contributed by atoms with E-state index in [0.29, 0.717) is 11.1 Å². The van der Waals surface area contributed by atoms with Gasteiger partial charge in [0.05, 0.1) is 10.3 Å². The summed E-state index contributed by atoms with van der Waals surface area (Å²) in [6.45, 7) is 1.95. The first-order valence-electron chi connectivity index (χ1n) is 6.90. The summed E-state index contributed by atoms with van der Waals surface area (Å²) in [5, 5.41) is 5.67. The first-order chi connectivity index (χ1) is 10.8. The Bertz CT molecular complexity index is 994. The zero-order chi connectivity index (χ0) is 15.1. The van der Waals surface area contributed by atoms with Crippen molar-refractivity contribution in [1.82, 2.24) is 0 Å². The predicted molar refractivity (Wildman–Crippen MR) is 93.8 cm³/mol. The van der Waals surface area contributed by atoms with E-state index >= 15 is 0 Å². The number of hydrogen-bond donors (Lipinski definition) is 0. The van der Waals surface area contributed by atoms with Crippen LogP contribution in [0.25, 0.3) is 31.9 Å². The second-order valence-corrected chi connectivity index (χ2v) is 6.94. The molecule has 0 bridgehead atoms. The lowest BCUT2D eigenvalue weighted by atomic mass is 10.0. The summed E-state index contributed by atoms with van der Waals surface area (Å²) in [7, 11) is 0. The minimum atomic E-state index is -0.267. The van der Waals surface area contributed by atoms with Gasteiger partial charge in [-0.15, -0.1) is 22.7 Å². The molecule has 3 heterocycles. The maximum atomic E-state index is 12.5. The lowest BCUT2D eigenvalue weighted by Gasteiger charge is -2.10. The van der Waals surface area contributed by atoms with Crippen LogP contribution in [0.3, 0.4) is 0 Å². The van der Waals surface area contributed by atoms with E-state index in [0.717, 1.165) is 26.3 Å². The minimum Gasteiger partial charge on any atom is -0.421 e. The third-order valence-corrected chi connectivity index (χ3v) is 5.44. The molecule has 0 aliphatic rings. The van der Waals surface area contributed by atoms with Crippen LogP contribution >= 0.6 is 22.7 Å². The highest BCUT2D eigenvalue weighted by atomic mass is 32.1. The van der Waals surface area contributed by atoms with Crippen molar-refractivity contribution in [2.24, 2.45) is 0 Å². The molecule has 4 heteroatoms. The normalized spacial score (nSPS) is 11.1. The van der Waals surface area contributed by atoms with Crippen LogP contribution in [0.5, 0.6) is 0 Å². The number of aryl methyl sites for hydroxylation is 1. The van der Waals surface area contributed by atoms with E-state index < -0.39 is 0 Å². The van der Waals surface area contributed by atoms with Crippen LogP contribution in [0.4, 0.5) is 0 Å². The van der Waals surface area contributed by atoms with E-state index in [2.05, 4.69) is 6.07 Å². The maximum Gasteiger partial charge on any atom is 0.344 e. The molecule has 0 N–H and O–H groups in total. The Labute approximate surface area is 135 Å². The van der Waals surface area contributed by atoms with Crippen molar-refractivity contribution in [3.05, 3.63) is 69.2 Å². The first-order valence-corrected chi connectivity index (χ1v) is 8.66. The highest BCUT2D eigenvalue weighted by molar-refractivity contribution is 7.14. The Morgan fingerprint density at radius 2 is 1.64 bits per heavy atom. The largest absolute Gasteiger partial charge is 0.421 e. The maximum absolute atomic E-state index is 12.5. The lowest BCUT2D eigenvalue weighted by molar-refractivity contribution is 0.537. The predicted octanol–water partition coefficient (Wildman–Crippen LogP) is 5.56. The van der Waals surface area contributed by atoms with Crippen molar-refractivity contribution >= 4 is 33.4 Å². The van der Waals surface area contributed by atoms with Gasteiger partial charge in [-0.05, 0) is 35.4 Å². The van der Waals surface area contributed by atoms with Crippen molar-refractivity contribution in [1.29, 1.82) is 0 Å². The van der Waals surface area contributed by atoms with Crippen LogP contribution < -0.4 is 5.63 Å². The molecule has 2 nitrogen and oxygen atoms in total.